The second-order valence-corrected chi connectivity index (χ2v) is 4.58. The van der Waals surface area contributed by atoms with Crippen LogP contribution in [0.3, 0.4) is 0 Å². The molecule has 3 nitrogen and oxygen atoms in total. The Bertz CT molecular complexity index is 400. The maximum absolute atomic E-state index is 5.85. The molecule has 0 unspecified atom stereocenters. The van der Waals surface area contributed by atoms with Crippen molar-refractivity contribution in [3.8, 4) is 5.75 Å². The lowest BCUT2D eigenvalue weighted by Gasteiger charge is -2.03. The Labute approximate surface area is 97.5 Å². The van der Waals surface area contributed by atoms with Crippen LogP contribution in [0.4, 0.5) is 5.69 Å². The van der Waals surface area contributed by atoms with Gasteiger partial charge >= 0.3 is 0 Å². The summed E-state index contributed by atoms with van der Waals surface area (Å²) in [6.07, 6.45) is 2.33. The zero-order chi connectivity index (χ0) is 10.8. The van der Waals surface area contributed by atoms with Crippen molar-refractivity contribution in [2.75, 3.05) is 7.11 Å². The fourth-order valence-electron chi connectivity index (χ4n) is 1.35. The molecule has 0 aliphatic heterocycles. The predicted octanol–water partition coefficient (Wildman–Crippen LogP) is 2.86. The Hall–Kier alpha value is -1.03. The molecule has 0 radical (unpaired) electrons. The first-order valence-electron chi connectivity index (χ1n) is 4.87. The van der Waals surface area contributed by atoms with Crippen LogP contribution in [-0.2, 0) is 0 Å². The van der Waals surface area contributed by atoms with Gasteiger partial charge in [-0.1, -0.05) is 15.9 Å². The highest BCUT2D eigenvalue weighted by atomic mass is 79.9. The highest BCUT2D eigenvalue weighted by Gasteiger charge is 2.25. The van der Waals surface area contributed by atoms with Gasteiger partial charge in [0.1, 0.15) is 11.6 Å². The molecular formula is C11H13BrN2O. The van der Waals surface area contributed by atoms with Crippen LogP contribution in [-0.4, -0.2) is 12.9 Å². The molecule has 1 aliphatic rings. The number of nitrogens with two attached hydrogens (primary N) is 1. The fourth-order valence-corrected chi connectivity index (χ4v) is 1.81. The van der Waals surface area contributed by atoms with Crippen LogP contribution in [0, 0.1) is 5.92 Å². The summed E-state index contributed by atoms with van der Waals surface area (Å²) in [5.41, 5.74) is 6.69. The van der Waals surface area contributed by atoms with E-state index in [1.54, 1.807) is 7.11 Å². The van der Waals surface area contributed by atoms with E-state index in [1.165, 1.54) is 12.8 Å². The Morgan fingerprint density at radius 3 is 2.80 bits per heavy atom. The minimum absolute atomic E-state index is 0.495. The molecule has 1 aromatic carbocycles. The lowest BCUT2D eigenvalue weighted by Crippen LogP contribution is -2.12. The van der Waals surface area contributed by atoms with Crippen molar-refractivity contribution in [1.82, 2.24) is 0 Å². The third-order valence-corrected chi connectivity index (χ3v) is 2.80. The summed E-state index contributed by atoms with van der Waals surface area (Å²) in [7, 11) is 1.64. The van der Waals surface area contributed by atoms with Crippen molar-refractivity contribution >= 4 is 27.5 Å². The van der Waals surface area contributed by atoms with E-state index < -0.39 is 0 Å². The van der Waals surface area contributed by atoms with Gasteiger partial charge in [0.25, 0.3) is 0 Å². The van der Waals surface area contributed by atoms with E-state index in [2.05, 4.69) is 20.9 Å². The van der Waals surface area contributed by atoms with Gasteiger partial charge in [-0.05, 0) is 25.0 Å². The monoisotopic (exact) mass is 268 g/mol. The zero-order valence-electron chi connectivity index (χ0n) is 8.53. The summed E-state index contributed by atoms with van der Waals surface area (Å²) in [5, 5.41) is 0. The normalized spacial score (nSPS) is 16.5. The summed E-state index contributed by atoms with van der Waals surface area (Å²) < 4.78 is 6.10. The number of benzene rings is 1. The van der Waals surface area contributed by atoms with E-state index in [-0.39, 0.29) is 0 Å². The maximum atomic E-state index is 5.85. The van der Waals surface area contributed by atoms with Crippen LogP contribution in [0.1, 0.15) is 12.8 Å². The molecule has 1 saturated carbocycles. The molecule has 1 aromatic rings. The minimum Gasteiger partial charge on any atom is -0.497 e. The molecule has 2 rings (SSSR count). The van der Waals surface area contributed by atoms with Crippen LogP contribution in [0.25, 0.3) is 0 Å². The van der Waals surface area contributed by atoms with E-state index in [1.807, 2.05) is 18.2 Å². The summed E-state index contributed by atoms with van der Waals surface area (Å²) in [6, 6.07) is 5.70. The first kappa shape index (κ1) is 10.5. The number of amidine groups is 1. The van der Waals surface area contributed by atoms with Gasteiger partial charge in [-0.25, -0.2) is 4.99 Å². The van der Waals surface area contributed by atoms with Crippen molar-refractivity contribution in [3.63, 3.8) is 0 Å². The summed E-state index contributed by atoms with van der Waals surface area (Å²) in [4.78, 5) is 4.37. The summed E-state index contributed by atoms with van der Waals surface area (Å²) >= 11 is 3.41. The highest BCUT2D eigenvalue weighted by molar-refractivity contribution is 9.10. The molecule has 0 heterocycles. The first-order valence-corrected chi connectivity index (χ1v) is 5.67. The molecule has 2 N–H and O–H groups in total. The van der Waals surface area contributed by atoms with Crippen molar-refractivity contribution in [3.05, 3.63) is 22.7 Å². The number of rotatable bonds is 3. The Morgan fingerprint density at radius 2 is 2.20 bits per heavy atom. The molecular weight excluding hydrogens is 256 g/mol. The number of hydrogen-bond acceptors (Lipinski definition) is 2. The molecule has 1 fully saturated rings. The molecule has 0 aromatic heterocycles. The average Bonchev–Trinajstić information content (AvgIpc) is 2.99. The molecule has 80 valence electrons. The van der Waals surface area contributed by atoms with E-state index in [0.29, 0.717) is 5.92 Å². The van der Waals surface area contributed by atoms with Gasteiger partial charge in [-0.15, -0.1) is 0 Å². The number of methoxy groups -OCH3 is 1. The van der Waals surface area contributed by atoms with E-state index in [9.17, 15) is 0 Å². The zero-order valence-corrected chi connectivity index (χ0v) is 10.1. The SMILES string of the molecule is COc1cc(Br)cc(N=C(N)C2CC2)c1. The molecule has 0 saturated heterocycles. The molecule has 0 spiro atoms. The second kappa shape index (κ2) is 4.23. The van der Waals surface area contributed by atoms with Crippen molar-refractivity contribution in [1.29, 1.82) is 0 Å². The third-order valence-electron chi connectivity index (χ3n) is 2.35. The molecule has 15 heavy (non-hydrogen) atoms. The van der Waals surface area contributed by atoms with E-state index in [4.69, 9.17) is 10.5 Å². The lowest BCUT2D eigenvalue weighted by atomic mass is 10.3. The molecule has 1 aliphatic carbocycles. The van der Waals surface area contributed by atoms with Crippen LogP contribution < -0.4 is 10.5 Å². The highest BCUT2D eigenvalue weighted by Crippen LogP contribution is 2.32. The molecule has 0 amide bonds. The average molecular weight is 269 g/mol. The second-order valence-electron chi connectivity index (χ2n) is 3.66. The van der Waals surface area contributed by atoms with Crippen molar-refractivity contribution in [2.45, 2.75) is 12.8 Å². The number of aliphatic imine (C=N–C) groups is 1. The van der Waals surface area contributed by atoms with Crippen LogP contribution in [0.5, 0.6) is 5.75 Å². The number of halogens is 1. The maximum Gasteiger partial charge on any atom is 0.122 e. The van der Waals surface area contributed by atoms with Gasteiger partial charge in [0.05, 0.1) is 12.8 Å². The molecule has 0 atom stereocenters. The molecule has 4 heteroatoms. The van der Waals surface area contributed by atoms with Gasteiger partial charge in [-0.2, -0.15) is 0 Å². The van der Waals surface area contributed by atoms with Crippen LogP contribution in [0.15, 0.2) is 27.7 Å². The Morgan fingerprint density at radius 1 is 1.47 bits per heavy atom. The largest absolute Gasteiger partial charge is 0.497 e. The number of ether oxygens (including phenoxy) is 1. The number of hydrogen-bond donors (Lipinski definition) is 1. The summed E-state index contributed by atoms with van der Waals surface area (Å²) in [6.45, 7) is 0. The lowest BCUT2D eigenvalue weighted by molar-refractivity contribution is 0.414. The topological polar surface area (TPSA) is 47.6 Å². The quantitative estimate of drug-likeness (QED) is 0.677. The van der Waals surface area contributed by atoms with Crippen molar-refractivity contribution in [2.24, 2.45) is 16.6 Å². The third kappa shape index (κ3) is 2.72. The standard InChI is InChI=1S/C11H13BrN2O/c1-15-10-5-8(12)4-9(6-10)14-11(13)7-2-3-7/h4-7H,2-3H2,1H3,(H2,13,14). The summed E-state index contributed by atoms with van der Waals surface area (Å²) in [5.74, 6) is 2.01. The van der Waals surface area contributed by atoms with Gasteiger partial charge in [-0.3, -0.25) is 0 Å². The van der Waals surface area contributed by atoms with Gasteiger partial charge in [0.2, 0.25) is 0 Å². The smallest absolute Gasteiger partial charge is 0.122 e. The van der Waals surface area contributed by atoms with Gasteiger partial charge < -0.3 is 10.5 Å². The van der Waals surface area contributed by atoms with Crippen LogP contribution >= 0.6 is 15.9 Å². The van der Waals surface area contributed by atoms with E-state index >= 15 is 0 Å². The van der Waals surface area contributed by atoms with E-state index in [0.717, 1.165) is 21.7 Å². The van der Waals surface area contributed by atoms with Gasteiger partial charge in [0, 0.05) is 16.5 Å². The Kier molecular flexibility index (Phi) is 2.95. The molecule has 0 bridgehead atoms. The van der Waals surface area contributed by atoms with Crippen molar-refractivity contribution < 1.29 is 4.74 Å². The number of nitrogens with zero attached hydrogens (tertiary/aromatic N) is 1. The predicted molar refractivity (Wildman–Crippen MR) is 64.7 cm³/mol. The Balaban J connectivity index is 2.26. The minimum atomic E-state index is 0.495. The fraction of sp³-hybridized carbons (Fsp3) is 0.364. The van der Waals surface area contributed by atoms with Gasteiger partial charge in [0.15, 0.2) is 0 Å². The first-order chi connectivity index (χ1) is 7.19. The van der Waals surface area contributed by atoms with Crippen LogP contribution in [0.2, 0.25) is 0 Å².